The number of nitro groups is 1. The van der Waals surface area contributed by atoms with Crippen molar-refractivity contribution in [1.82, 2.24) is 4.90 Å². The van der Waals surface area contributed by atoms with Crippen LogP contribution in [0.15, 0.2) is 48.5 Å². The molecule has 1 heterocycles. The van der Waals surface area contributed by atoms with Crippen LogP contribution in [0.25, 0.3) is 0 Å². The van der Waals surface area contributed by atoms with Crippen LogP contribution in [0, 0.1) is 10.1 Å². The molecule has 3 rings (SSSR count). The molecule has 1 aliphatic heterocycles. The van der Waals surface area contributed by atoms with Gasteiger partial charge in [0.1, 0.15) is 11.8 Å². The van der Waals surface area contributed by atoms with Crippen molar-refractivity contribution in [1.29, 1.82) is 0 Å². The molecule has 2 aromatic carbocycles. The van der Waals surface area contributed by atoms with Gasteiger partial charge in [-0.15, -0.1) is 0 Å². The molecule has 0 saturated carbocycles. The third-order valence-corrected chi connectivity index (χ3v) is 3.82. The highest BCUT2D eigenvalue weighted by Crippen LogP contribution is 2.25. The summed E-state index contributed by atoms with van der Waals surface area (Å²) in [5.74, 6) is -1.86. The quantitative estimate of drug-likeness (QED) is 0.278. The zero-order valence-electron chi connectivity index (χ0n) is 13.0. The molecule has 0 aliphatic carbocycles. The number of hydrogen-bond acceptors (Lipinski definition) is 6. The van der Waals surface area contributed by atoms with Gasteiger partial charge < -0.3 is 4.74 Å². The first-order valence-electron chi connectivity index (χ1n) is 7.33. The number of benzene rings is 2. The van der Waals surface area contributed by atoms with Gasteiger partial charge in [0.2, 0.25) is 0 Å². The second-order valence-corrected chi connectivity index (χ2v) is 5.37. The summed E-state index contributed by atoms with van der Waals surface area (Å²) in [6.45, 7) is 1.38. The summed E-state index contributed by atoms with van der Waals surface area (Å²) >= 11 is 0. The van der Waals surface area contributed by atoms with E-state index in [4.69, 9.17) is 4.74 Å². The standard InChI is InChI=1S/C17H12N2O6/c1-10(17(22)25-12-8-6-11(7-9-12)19(23)24)18-15(20)13-4-2-3-5-14(13)16(18)21/h2-10H,1H3/t10-/m1/s1. The lowest BCUT2D eigenvalue weighted by Gasteiger charge is -2.20. The topological polar surface area (TPSA) is 107 Å². The summed E-state index contributed by atoms with van der Waals surface area (Å²) in [4.78, 5) is 47.8. The summed E-state index contributed by atoms with van der Waals surface area (Å²) in [6.07, 6.45) is 0. The lowest BCUT2D eigenvalue weighted by atomic mass is 10.1. The van der Waals surface area contributed by atoms with Gasteiger partial charge in [0.05, 0.1) is 16.1 Å². The Labute approximate surface area is 141 Å². The van der Waals surface area contributed by atoms with Crippen molar-refractivity contribution in [3.63, 3.8) is 0 Å². The van der Waals surface area contributed by atoms with Gasteiger partial charge in [-0.2, -0.15) is 0 Å². The Morgan fingerprint density at radius 1 is 1.04 bits per heavy atom. The number of carbonyl (C=O) groups excluding carboxylic acids is 3. The summed E-state index contributed by atoms with van der Waals surface area (Å²) < 4.78 is 5.11. The average molecular weight is 340 g/mol. The number of rotatable bonds is 4. The first-order valence-corrected chi connectivity index (χ1v) is 7.33. The van der Waals surface area contributed by atoms with Crippen LogP contribution in [-0.2, 0) is 4.79 Å². The van der Waals surface area contributed by atoms with Crippen LogP contribution in [0.1, 0.15) is 27.6 Å². The molecule has 126 valence electrons. The number of esters is 1. The van der Waals surface area contributed by atoms with Crippen molar-refractivity contribution in [2.45, 2.75) is 13.0 Å². The molecule has 8 nitrogen and oxygen atoms in total. The molecule has 0 spiro atoms. The van der Waals surface area contributed by atoms with Crippen LogP contribution in [0.2, 0.25) is 0 Å². The Balaban J connectivity index is 1.76. The van der Waals surface area contributed by atoms with Crippen molar-refractivity contribution in [3.05, 3.63) is 69.8 Å². The van der Waals surface area contributed by atoms with Gasteiger partial charge >= 0.3 is 5.97 Å². The van der Waals surface area contributed by atoms with E-state index in [2.05, 4.69) is 0 Å². The van der Waals surface area contributed by atoms with Crippen LogP contribution < -0.4 is 4.74 Å². The smallest absolute Gasteiger partial charge is 0.334 e. The maximum atomic E-state index is 12.3. The van der Waals surface area contributed by atoms with Crippen molar-refractivity contribution in [3.8, 4) is 5.75 Å². The second kappa shape index (κ2) is 6.16. The van der Waals surface area contributed by atoms with Gasteiger partial charge in [-0.3, -0.25) is 24.6 Å². The fraction of sp³-hybridized carbons (Fsp3) is 0.118. The first kappa shape index (κ1) is 16.3. The molecule has 0 N–H and O–H groups in total. The summed E-state index contributed by atoms with van der Waals surface area (Å²) in [6, 6.07) is 10.1. The van der Waals surface area contributed by atoms with Gasteiger partial charge in [-0.25, -0.2) is 4.79 Å². The van der Waals surface area contributed by atoms with E-state index >= 15 is 0 Å². The van der Waals surface area contributed by atoms with Crippen molar-refractivity contribution < 1.29 is 24.0 Å². The molecular weight excluding hydrogens is 328 g/mol. The third kappa shape index (κ3) is 2.85. The number of carbonyl (C=O) groups is 3. The van der Waals surface area contributed by atoms with Gasteiger partial charge in [-0.1, -0.05) is 12.1 Å². The maximum Gasteiger partial charge on any atom is 0.334 e. The normalized spacial score (nSPS) is 14.2. The van der Waals surface area contributed by atoms with E-state index in [1.54, 1.807) is 12.1 Å². The summed E-state index contributed by atoms with van der Waals surface area (Å²) in [5.41, 5.74) is 0.332. The van der Waals surface area contributed by atoms with Crippen LogP contribution in [0.4, 0.5) is 5.69 Å². The van der Waals surface area contributed by atoms with E-state index < -0.39 is 28.7 Å². The molecule has 0 bridgehead atoms. The maximum absolute atomic E-state index is 12.3. The molecule has 8 heteroatoms. The van der Waals surface area contributed by atoms with Gasteiger partial charge in [-0.05, 0) is 31.2 Å². The van der Waals surface area contributed by atoms with Crippen LogP contribution in [-0.4, -0.2) is 33.6 Å². The minimum absolute atomic E-state index is 0.0825. The minimum atomic E-state index is -1.14. The number of hydrogen-bond donors (Lipinski definition) is 0. The monoisotopic (exact) mass is 340 g/mol. The number of imide groups is 1. The average Bonchev–Trinajstić information content (AvgIpc) is 2.86. The van der Waals surface area contributed by atoms with Crippen molar-refractivity contribution in [2.24, 2.45) is 0 Å². The van der Waals surface area contributed by atoms with Crippen molar-refractivity contribution >= 4 is 23.5 Å². The van der Waals surface area contributed by atoms with Crippen LogP contribution >= 0.6 is 0 Å². The number of fused-ring (bicyclic) bond motifs is 1. The fourth-order valence-corrected chi connectivity index (χ4v) is 2.50. The first-order chi connectivity index (χ1) is 11.9. The molecule has 0 radical (unpaired) electrons. The van der Waals surface area contributed by atoms with E-state index in [1.807, 2.05) is 0 Å². The van der Waals surface area contributed by atoms with Crippen LogP contribution in [0.5, 0.6) is 5.75 Å². The molecule has 0 unspecified atom stereocenters. The predicted molar refractivity (Wildman–Crippen MR) is 85.1 cm³/mol. The Kier molecular flexibility index (Phi) is 4.02. The minimum Gasteiger partial charge on any atom is -0.425 e. The largest absolute Gasteiger partial charge is 0.425 e. The summed E-state index contributed by atoms with van der Waals surface area (Å²) in [5, 5.41) is 10.6. The predicted octanol–water partition coefficient (Wildman–Crippen LogP) is 2.18. The van der Waals surface area contributed by atoms with E-state index in [0.29, 0.717) is 0 Å². The lowest BCUT2D eigenvalue weighted by molar-refractivity contribution is -0.384. The van der Waals surface area contributed by atoms with E-state index in [-0.39, 0.29) is 22.6 Å². The molecule has 25 heavy (non-hydrogen) atoms. The fourth-order valence-electron chi connectivity index (χ4n) is 2.50. The Morgan fingerprint density at radius 2 is 1.56 bits per heavy atom. The highest BCUT2D eigenvalue weighted by Gasteiger charge is 2.41. The number of nitro benzene ring substituents is 1. The van der Waals surface area contributed by atoms with E-state index in [1.165, 1.54) is 43.3 Å². The van der Waals surface area contributed by atoms with E-state index in [9.17, 15) is 24.5 Å². The second-order valence-electron chi connectivity index (χ2n) is 5.37. The molecule has 1 aliphatic rings. The number of non-ortho nitro benzene ring substituents is 1. The zero-order chi connectivity index (χ0) is 18.1. The molecular formula is C17H12N2O6. The number of amides is 2. The Hall–Kier alpha value is -3.55. The Bertz CT molecular complexity index is 855. The SMILES string of the molecule is C[C@H](C(=O)Oc1ccc([N+](=O)[O-])cc1)N1C(=O)c2ccccc2C1=O. The van der Waals surface area contributed by atoms with Gasteiger partial charge in [0.25, 0.3) is 17.5 Å². The number of ether oxygens (including phenoxy) is 1. The third-order valence-electron chi connectivity index (χ3n) is 3.82. The van der Waals surface area contributed by atoms with Crippen LogP contribution in [0.3, 0.4) is 0 Å². The molecule has 1 atom stereocenters. The lowest BCUT2D eigenvalue weighted by Crippen LogP contribution is -2.44. The van der Waals surface area contributed by atoms with Crippen molar-refractivity contribution in [2.75, 3.05) is 0 Å². The highest BCUT2D eigenvalue weighted by atomic mass is 16.6. The molecule has 0 saturated heterocycles. The number of nitrogens with zero attached hydrogens (tertiary/aromatic N) is 2. The van der Waals surface area contributed by atoms with E-state index in [0.717, 1.165) is 4.90 Å². The van der Waals surface area contributed by atoms with Gasteiger partial charge in [0.15, 0.2) is 0 Å². The Morgan fingerprint density at radius 3 is 2.04 bits per heavy atom. The highest BCUT2D eigenvalue weighted by molar-refractivity contribution is 6.22. The molecule has 0 aromatic heterocycles. The molecule has 0 fully saturated rings. The zero-order valence-corrected chi connectivity index (χ0v) is 13.0. The molecule has 2 aromatic rings. The molecule has 2 amide bonds. The van der Waals surface area contributed by atoms with Gasteiger partial charge in [0, 0.05) is 12.1 Å². The summed E-state index contributed by atoms with van der Waals surface area (Å²) in [7, 11) is 0.